The van der Waals surface area contributed by atoms with Crippen LogP contribution in [0, 0.1) is 0 Å². The van der Waals surface area contributed by atoms with Crippen LogP contribution in [-0.4, -0.2) is 27.5 Å². The Labute approximate surface area is 192 Å². The lowest BCUT2D eigenvalue weighted by molar-refractivity contribution is -0.137. The Hall–Kier alpha value is -2.04. The van der Waals surface area contributed by atoms with Crippen LogP contribution in [0.1, 0.15) is 63.9 Å². The maximum Gasteiger partial charge on any atom is 0.303 e. The van der Waals surface area contributed by atoms with Crippen LogP contribution < -0.4 is 0 Å². The molecule has 1 aromatic carbocycles. The molecule has 31 heavy (non-hydrogen) atoms. The van der Waals surface area contributed by atoms with Crippen molar-refractivity contribution in [3.63, 3.8) is 0 Å². The van der Waals surface area contributed by atoms with E-state index in [4.69, 9.17) is 5.11 Å². The molecule has 0 bridgehead atoms. The fourth-order valence-corrected chi connectivity index (χ4v) is 4.09. The first-order valence-corrected chi connectivity index (χ1v) is 12.4. The monoisotopic (exact) mass is 442 g/mol. The quantitative estimate of drug-likeness (QED) is 0.153. The van der Waals surface area contributed by atoms with Crippen molar-refractivity contribution >= 4 is 17.7 Å². The van der Waals surface area contributed by atoms with E-state index in [9.17, 15) is 9.90 Å². The molecule has 3 nitrogen and oxygen atoms in total. The SMILES string of the molecule is CCCCC/C=C\C\C=C/C=C\C=C\[C@@H](SCc1ccccc1)[C@@H](O)CCCC(=O)O. The second-order valence-electron chi connectivity index (χ2n) is 7.52. The van der Waals surface area contributed by atoms with Crippen LogP contribution in [0.2, 0.25) is 0 Å². The van der Waals surface area contributed by atoms with E-state index in [0.717, 1.165) is 18.6 Å². The van der Waals surface area contributed by atoms with Gasteiger partial charge < -0.3 is 10.2 Å². The number of rotatable bonds is 17. The van der Waals surface area contributed by atoms with Gasteiger partial charge >= 0.3 is 5.97 Å². The number of carboxylic acids is 1. The van der Waals surface area contributed by atoms with Crippen molar-refractivity contribution < 1.29 is 15.0 Å². The van der Waals surface area contributed by atoms with Gasteiger partial charge in [-0.25, -0.2) is 0 Å². The predicted octanol–water partition coefficient (Wildman–Crippen LogP) is 7.10. The van der Waals surface area contributed by atoms with Gasteiger partial charge in [-0.1, -0.05) is 98.7 Å². The van der Waals surface area contributed by atoms with Crippen molar-refractivity contribution in [1.29, 1.82) is 0 Å². The summed E-state index contributed by atoms with van der Waals surface area (Å²) in [4.78, 5) is 10.7. The lowest BCUT2D eigenvalue weighted by Gasteiger charge is -2.19. The minimum absolute atomic E-state index is 0.0753. The third-order valence-electron chi connectivity index (χ3n) is 4.74. The number of aliphatic carboxylic acids is 1. The normalized spacial score (nSPS) is 14.3. The van der Waals surface area contributed by atoms with Crippen LogP contribution in [-0.2, 0) is 10.5 Å². The highest BCUT2D eigenvalue weighted by molar-refractivity contribution is 7.99. The van der Waals surface area contributed by atoms with Crippen molar-refractivity contribution in [2.45, 2.75) is 75.4 Å². The second kappa shape index (κ2) is 18.7. The van der Waals surface area contributed by atoms with E-state index in [2.05, 4.69) is 37.3 Å². The summed E-state index contributed by atoms with van der Waals surface area (Å²) in [6.07, 6.45) is 23.0. The van der Waals surface area contributed by atoms with Crippen LogP contribution >= 0.6 is 11.8 Å². The molecule has 1 rings (SSSR count). The van der Waals surface area contributed by atoms with Crippen molar-refractivity contribution in [2.24, 2.45) is 0 Å². The van der Waals surface area contributed by atoms with Crippen molar-refractivity contribution in [3.8, 4) is 0 Å². The molecule has 0 saturated carbocycles. The number of aliphatic hydroxyl groups is 1. The number of allylic oxidation sites excluding steroid dienone is 7. The van der Waals surface area contributed by atoms with Crippen molar-refractivity contribution in [2.75, 3.05) is 0 Å². The minimum atomic E-state index is -0.818. The van der Waals surface area contributed by atoms with E-state index in [1.807, 2.05) is 48.6 Å². The van der Waals surface area contributed by atoms with E-state index in [1.165, 1.54) is 24.8 Å². The molecule has 2 atom stereocenters. The summed E-state index contributed by atoms with van der Waals surface area (Å²) >= 11 is 1.68. The van der Waals surface area contributed by atoms with Crippen LogP contribution in [0.25, 0.3) is 0 Å². The molecule has 0 fully saturated rings. The standard InChI is InChI=1S/C27H38O3S/c1-2-3-4-5-6-7-8-9-10-11-12-16-21-26(25(28)20-17-22-27(29)30)31-23-24-18-14-13-15-19-24/h6-7,9-16,18-19,21,25-26,28H,2-5,8,17,20,22-23H2,1H3,(H,29,30)/b7-6-,10-9-,12-11-,21-16+/t25-,26+/m0/s1. The average Bonchev–Trinajstić information content (AvgIpc) is 2.76. The smallest absolute Gasteiger partial charge is 0.303 e. The average molecular weight is 443 g/mol. The molecule has 0 saturated heterocycles. The molecule has 0 unspecified atom stereocenters. The zero-order valence-corrected chi connectivity index (χ0v) is 19.6. The number of hydrogen-bond donors (Lipinski definition) is 2. The third kappa shape index (κ3) is 15.4. The Balaban J connectivity index is 2.48. The Bertz CT molecular complexity index is 692. The molecular formula is C27H38O3S. The van der Waals surface area contributed by atoms with Gasteiger partial charge in [0.15, 0.2) is 0 Å². The summed E-state index contributed by atoms with van der Waals surface area (Å²) in [6, 6.07) is 10.2. The van der Waals surface area contributed by atoms with E-state index < -0.39 is 12.1 Å². The number of carbonyl (C=O) groups is 1. The molecule has 0 aliphatic carbocycles. The first kappa shape index (κ1) is 27.0. The summed E-state index contributed by atoms with van der Waals surface area (Å²) in [5, 5.41) is 19.3. The van der Waals surface area contributed by atoms with Gasteiger partial charge in [0.2, 0.25) is 0 Å². The second-order valence-corrected chi connectivity index (χ2v) is 8.68. The molecule has 0 amide bonds. The van der Waals surface area contributed by atoms with E-state index >= 15 is 0 Å². The van der Waals surface area contributed by atoms with Gasteiger partial charge in [-0.05, 0) is 37.7 Å². The van der Waals surface area contributed by atoms with Crippen LogP contribution in [0.5, 0.6) is 0 Å². The van der Waals surface area contributed by atoms with Crippen LogP contribution in [0.3, 0.4) is 0 Å². The number of benzene rings is 1. The van der Waals surface area contributed by atoms with E-state index in [-0.39, 0.29) is 11.7 Å². The molecule has 0 aromatic heterocycles. The first-order chi connectivity index (χ1) is 15.1. The fraction of sp³-hybridized carbons (Fsp3) is 0.444. The molecule has 4 heteroatoms. The van der Waals surface area contributed by atoms with Crippen molar-refractivity contribution in [3.05, 3.63) is 84.5 Å². The van der Waals surface area contributed by atoms with E-state index in [1.54, 1.807) is 11.8 Å². The minimum Gasteiger partial charge on any atom is -0.481 e. The first-order valence-electron chi connectivity index (χ1n) is 11.3. The molecular weight excluding hydrogens is 404 g/mol. The highest BCUT2D eigenvalue weighted by Gasteiger charge is 2.17. The number of aliphatic hydroxyl groups excluding tert-OH is 1. The Morgan fingerprint density at radius 2 is 1.77 bits per heavy atom. The largest absolute Gasteiger partial charge is 0.481 e. The van der Waals surface area contributed by atoms with Crippen LogP contribution in [0.15, 0.2) is 78.9 Å². The van der Waals surface area contributed by atoms with E-state index in [0.29, 0.717) is 12.8 Å². The number of unbranched alkanes of at least 4 members (excludes halogenated alkanes) is 3. The molecule has 0 radical (unpaired) electrons. The summed E-state index contributed by atoms with van der Waals surface area (Å²) in [6.45, 7) is 2.22. The summed E-state index contributed by atoms with van der Waals surface area (Å²) in [7, 11) is 0. The van der Waals surface area contributed by atoms with Gasteiger partial charge in [-0.2, -0.15) is 0 Å². The molecule has 0 aliphatic heterocycles. The zero-order chi connectivity index (χ0) is 22.6. The number of thioether (sulfide) groups is 1. The third-order valence-corrected chi connectivity index (χ3v) is 6.09. The van der Waals surface area contributed by atoms with Crippen molar-refractivity contribution in [1.82, 2.24) is 0 Å². The highest BCUT2D eigenvalue weighted by Crippen LogP contribution is 2.24. The van der Waals surface area contributed by atoms with Gasteiger partial charge in [-0.3, -0.25) is 4.79 Å². The highest BCUT2D eigenvalue weighted by atomic mass is 32.2. The lowest BCUT2D eigenvalue weighted by Crippen LogP contribution is -2.21. The van der Waals surface area contributed by atoms with Gasteiger partial charge in [0.05, 0.1) is 6.10 Å². The maximum atomic E-state index is 10.7. The molecule has 0 aliphatic rings. The van der Waals surface area contributed by atoms with Gasteiger partial charge in [0, 0.05) is 17.4 Å². The topological polar surface area (TPSA) is 57.5 Å². The maximum absolute atomic E-state index is 10.7. The Kier molecular flexibility index (Phi) is 16.3. The van der Waals surface area contributed by atoms with Crippen LogP contribution in [0.4, 0.5) is 0 Å². The number of hydrogen-bond acceptors (Lipinski definition) is 3. The molecule has 2 N–H and O–H groups in total. The molecule has 0 heterocycles. The summed E-state index contributed by atoms with van der Waals surface area (Å²) < 4.78 is 0. The molecule has 0 spiro atoms. The Morgan fingerprint density at radius 3 is 2.52 bits per heavy atom. The summed E-state index contributed by atoms with van der Waals surface area (Å²) in [5.41, 5.74) is 1.21. The Morgan fingerprint density at radius 1 is 1.00 bits per heavy atom. The lowest BCUT2D eigenvalue weighted by atomic mass is 10.1. The zero-order valence-electron chi connectivity index (χ0n) is 18.7. The number of carboxylic acid groups (broad SMARTS) is 1. The molecule has 1 aromatic rings. The predicted molar refractivity (Wildman–Crippen MR) is 134 cm³/mol. The van der Waals surface area contributed by atoms with Gasteiger partial charge in [0.1, 0.15) is 0 Å². The van der Waals surface area contributed by atoms with Gasteiger partial charge in [0.25, 0.3) is 0 Å². The fourth-order valence-electron chi connectivity index (χ4n) is 2.95. The van der Waals surface area contributed by atoms with Gasteiger partial charge in [-0.15, -0.1) is 11.8 Å². The summed E-state index contributed by atoms with van der Waals surface area (Å²) in [5.74, 6) is -0.0122. The molecule has 170 valence electrons.